The van der Waals surface area contributed by atoms with E-state index in [-0.39, 0.29) is 18.1 Å². The van der Waals surface area contributed by atoms with Crippen molar-refractivity contribution in [3.63, 3.8) is 0 Å². The number of hydrogen-bond acceptors (Lipinski definition) is 4. The van der Waals surface area contributed by atoms with E-state index in [1.807, 2.05) is 31.2 Å². The summed E-state index contributed by atoms with van der Waals surface area (Å²) in [6, 6.07) is 19.9. The SMILES string of the molecule is Cc1ccccc1OCCNC(=O)c1ccc(CN(c2ccccc2F)S(C)(=O)=O)cc1. The van der Waals surface area contributed by atoms with Gasteiger partial charge in [-0.2, -0.15) is 0 Å². The Kier molecular flexibility index (Phi) is 7.48. The van der Waals surface area contributed by atoms with Crippen molar-refractivity contribution in [2.45, 2.75) is 13.5 Å². The molecule has 0 heterocycles. The molecule has 6 nitrogen and oxygen atoms in total. The quantitative estimate of drug-likeness (QED) is 0.496. The summed E-state index contributed by atoms with van der Waals surface area (Å²) in [5.41, 5.74) is 2.05. The molecule has 3 rings (SSSR count). The summed E-state index contributed by atoms with van der Waals surface area (Å²) in [5.74, 6) is -0.114. The number of para-hydroxylation sites is 2. The second kappa shape index (κ2) is 10.3. The highest BCUT2D eigenvalue weighted by Crippen LogP contribution is 2.24. The van der Waals surface area contributed by atoms with E-state index in [0.29, 0.717) is 24.3 Å². The summed E-state index contributed by atoms with van der Waals surface area (Å²) >= 11 is 0. The van der Waals surface area contributed by atoms with Crippen LogP contribution in [0.4, 0.5) is 10.1 Å². The van der Waals surface area contributed by atoms with Crippen molar-refractivity contribution in [3.05, 3.63) is 95.3 Å². The Labute approximate surface area is 187 Å². The minimum Gasteiger partial charge on any atom is -0.491 e. The fourth-order valence-electron chi connectivity index (χ4n) is 3.11. The predicted molar refractivity (Wildman–Crippen MR) is 123 cm³/mol. The molecule has 0 atom stereocenters. The van der Waals surface area contributed by atoms with Gasteiger partial charge in [0.2, 0.25) is 10.0 Å². The summed E-state index contributed by atoms with van der Waals surface area (Å²) in [4.78, 5) is 12.4. The Balaban J connectivity index is 1.59. The average molecular weight is 457 g/mol. The first kappa shape index (κ1) is 23.3. The Hall–Kier alpha value is -3.39. The minimum atomic E-state index is -3.71. The number of carbonyl (C=O) groups is 1. The molecule has 168 valence electrons. The van der Waals surface area contributed by atoms with Crippen LogP contribution in [-0.4, -0.2) is 33.7 Å². The second-order valence-electron chi connectivity index (χ2n) is 7.29. The Morgan fingerprint density at radius 3 is 2.31 bits per heavy atom. The number of benzene rings is 3. The number of nitrogens with one attached hydrogen (secondary N) is 1. The lowest BCUT2D eigenvalue weighted by atomic mass is 10.1. The molecule has 0 spiro atoms. The molecule has 0 bridgehead atoms. The molecule has 0 fully saturated rings. The first-order chi connectivity index (χ1) is 15.3. The molecule has 32 heavy (non-hydrogen) atoms. The molecule has 3 aromatic rings. The van der Waals surface area contributed by atoms with E-state index in [4.69, 9.17) is 4.74 Å². The van der Waals surface area contributed by atoms with Gasteiger partial charge >= 0.3 is 0 Å². The zero-order valence-electron chi connectivity index (χ0n) is 17.9. The van der Waals surface area contributed by atoms with E-state index in [1.54, 1.807) is 30.3 Å². The number of nitrogens with zero attached hydrogens (tertiary/aromatic N) is 1. The largest absolute Gasteiger partial charge is 0.491 e. The molecule has 0 saturated heterocycles. The highest BCUT2D eigenvalue weighted by molar-refractivity contribution is 7.92. The fourth-order valence-corrected chi connectivity index (χ4v) is 4.00. The predicted octanol–water partition coefficient (Wildman–Crippen LogP) is 3.91. The maximum Gasteiger partial charge on any atom is 0.251 e. The molecule has 3 aromatic carbocycles. The summed E-state index contributed by atoms with van der Waals surface area (Å²) < 4.78 is 45.2. The zero-order chi connectivity index (χ0) is 23.1. The van der Waals surface area contributed by atoms with Crippen LogP contribution in [0.15, 0.2) is 72.8 Å². The van der Waals surface area contributed by atoms with Gasteiger partial charge in [-0.05, 0) is 48.4 Å². The summed E-state index contributed by atoms with van der Waals surface area (Å²) in [5, 5.41) is 2.79. The Morgan fingerprint density at radius 2 is 1.66 bits per heavy atom. The number of halogens is 1. The van der Waals surface area contributed by atoms with E-state index >= 15 is 0 Å². The monoisotopic (exact) mass is 456 g/mol. The number of sulfonamides is 1. The van der Waals surface area contributed by atoms with Crippen LogP contribution in [0, 0.1) is 12.7 Å². The van der Waals surface area contributed by atoms with Gasteiger partial charge in [-0.3, -0.25) is 9.10 Å². The van der Waals surface area contributed by atoms with Crippen LogP contribution >= 0.6 is 0 Å². The highest BCUT2D eigenvalue weighted by Gasteiger charge is 2.21. The maximum atomic E-state index is 14.2. The van der Waals surface area contributed by atoms with Crippen LogP contribution in [0.5, 0.6) is 5.75 Å². The Morgan fingerprint density at radius 1 is 1.00 bits per heavy atom. The van der Waals surface area contributed by atoms with Crippen molar-refractivity contribution in [1.29, 1.82) is 0 Å². The van der Waals surface area contributed by atoms with E-state index in [9.17, 15) is 17.6 Å². The average Bonchev–Trinajstić information content (AvgIpc) is 2.76. The van der Waals surface area contributed by atoms with Crippen molar-refractivity contribution >= 4 is 21.6 Å². The van der Waals surface area contributed by atoms with Gasteiger partial charge in [0.25, 0.3) is 5.91 Å². The third-order valence-electron chi connectivity index (χ3n) is 4.80. The standard InChI is InChI=1S/C24H25FN2O4S/c1-18-7-3-6-10-23(18)31-16-15-26-24(28)20-13-11-19(12-14-20)17-27(32(2,29)30)22-9-5-4-8-21(22)25/h3-14H,15-17H2,1-2H3,(H,26,28). The van der Waals surface area contributed by atoms with Crippen molar-refractivity contribution in [2.75, 3.05) is 23.7 Å². The molecule has 0 aromatic heterocycles. The Bertz CT molecular complexity index is 1180. The van der Waals surface area contributed by atoms with Crippen LogP contribution in [0.3, 0.4) is 0 Å². The number of amides is 1. The summed E-state index contributed by atoms with van der Waals surface area (Å²) in [7, 11) is -3.71. The van der Waals surface area contributed by atoms with Gasteiger partial charge in [0.15, 0.2) is 0 Å². The summed E-state index contributed by atoms with van der Waals surface area (Å²) in [6.45, 7) is 2.57. The van der Waals surface area contributed by atoms with Gasteiger partial charge in [-0.25, -0.2) is 12.8 Å². The topological polar surface area (TPSA) is 75.7 Å². The third kappa shape index (κ3) is 6.07. The first-order valence-corrected chi connectivity index (χ1v) is 11.9. The van der Waals surface area contributed by atoms with E-state index in [2.05, 4.69) is 5.32 Å². The number of anilines is 1. The van der Waals surface area contributed by atoms with Crippen LogP contribution in [0.2, 0.25) is 0 Å². The number of carbonyl (C=O) groups excluding carboxylic acids is 1. The van der Waals surface area contributed by atoms with Crippen LogP contribution in [-0.2, 0) is 16.6 Å². The van der Waals surface area contributed by atoms with Gasteiger partial charge in [-0.15, -0.1) is 0 Å². The van der Waals surface area contributed by atoms with Crippen molar-refractivity contribution in [2.24, 2.45) is 0 Å². The normalized spacial score (nSPS) is 11.1. The highest BCUT2D eigenvalue weighted by atomic mass is 32.2. The molecular weight excluding hydrogens is 431 g/mol. The van der Waals surface area contributed by atoms with Gasteiger partial charge in [0.1, 0.15) is 18.2 Å². The molecule has 8 heteroatoms. The molecule has 0 aliphatic carbocycles. The van der Waals surface area contributed by atoms with Crippen molar-refractivity contribution < 1.29 is 22.3 Å². The molecular formula is C24H25FN2O4S. The molecule has 1 N–H and O–H groups in total. The number of ether oxygens (including phenoxy) is 1. The third-order valence-corrected chi connectivity index (χ3v) is 5.93. The van der Waals surface area contributed by atoms with Gasteiger partial charge in [0, 0.05) is 5.56 Å². The molecule has 0 aliphatic heterocycles. The van der Waals surface area contributed by atoms with E-state index < -0.39 is 15.8 Å². The lowest BCUT2D eigenvalue weighted by molar-refractivity contribution is 0.0947. The van der Waals surface area contributed by atoms with Crippen LogP contribution < -0.4 is 14.4 Å². The number of aryl methyl sites for hydroxylation is 1. The number of hydrogen-bond donors (Lipinski definition) is 1. The van der Waals surface area contributed by atoms with Gasteiger partial charge < -0.3 is 10.1 Å². The molecule has 0 aliphatic rings. The van der Waals surface area contributed by atoms with E-state index in [1.165, 1.54) is 18.2 Å². The lowest BCUT2D eigenvalue weighted by Crippen LogP contribution is -2.30. The van der Waals surface area contributed by atoms with Crippen LogP contribution in [0.1, 0.15) is 21.5 Å². The van der Waals surface area contributed by atoms with Crippen molar-refractivity contribution in [3.8, 4) is 5.75 Å². The van der Waals surface area contributed by atoms with Crippen LogP contribution in [0.25, 0.3) is 0 Å². The molecule has 0 unspecified atom stereocenters. The van der Waals surface area contributed by atoms with E-state index in [0.717, 1.165) is 21.9 Å². The first-order valence-electron chi connectivity index (χ1n) is 10.0. The molecule has 1 amide bonds. The molecule has 0 radical (unpaired) electrons. The lowest BCUT2D eigenvalue weighted by Gasteiger charge is -2.23. The maximum absolute atomic E-state index is 14.2. The van der Waals surface area contributed by atoms with Crippen molar-refractivity contribution in [1.82, 2.24) is 5.32 Å². The summed E-state index contributed by atoms with van der Waals surface area (Å²) in [6.07, 6.45) is 1.03. The fraction of sp³-hybridized carbons (Fsp3) is 0.208. The second-order valence-corrected chi connectivity index (χ2v) is 9.19. The molecule has 0 saturated carbocycles. The minimum absolute atomic E-state index is 0.0227. The number of rotatable bonds is 9. The van der Waals surface area contributed by atoms with Gasteiger partial charge in [0.05, 0.1) is 25.0 Å². The van der Waals surface area contributed by atoms with Gasteiger partial charge in [-0.1, -0.05) is 42.5 Å². The zero-order valence-corrected chi connectivity index (χ0v) is 18.7. The smallest absolute Gasteiger partial charge is 0.251 e.